The monoisotopic (exact) mass is 443 g/mol. The standard InChI is InChI=1S/C22H30ClN7O/c1-22(2,13-31)29-20-25-12-18-19(28-20)30(17-8-6-14(11-24)7-9-17)21(27-18)26-16-5-3-4-15(23)10-16/h3-5,10,12,14,17,31H,6-9,11,13,24H2,1-2H3,(H,26,27)(H,25,28,29). The Bertz CT molecular complexity index is 1040. The highest BCUT2D eigenvalue weighted by molar-refractivity contribution is 6.30. The molecule has 8 nitrogen and oxygen atoms in total. The first-order valence-corrected chi connectivity index (χ1v) is 11.1. The van der Waals surface area contributed by atoms with E-state index in [0.717, 1.165) is 55.0 Å². The summed E-state index contributed by atoms with van der Waals surface area (Å²) < 4.78 is 2.18. The van der Waals surface area contributed by atoms with Crippen molar-refractivity contribution in [2.45, 2.75) is 51.1 Å². The molecule has 2 heterocycles. The van der Waals surface area contributed by atoms with E-state index in [9.17, 15) is 5.11 Å². The van der Waals surface area contributed by atoms with E-state index >= 15 is 0 Å². The first-order valence-electron chi connectivity index (χ1n) is 10.7. The van der Waals surface area contributed by atoms with E-state index < -0.39 is 5.54 Å². The minimum absolute atomic E-state index is 0.0294. The van der Waals surface area contributed by atoms with Gasteiger partial charge in [0.05, 0.1) is 18.3 Å². The van der Waals surface area contributed by atoms with Crippen LogP contribution in [0.1, 0.15) is 45.6 Å². The number of nitrogens with two attached hydrogens (primary N) is 1. The normalized spacial score (nSPS) is 19.5. The summed E-state index contributed by atoms with van der Waals surface area (Å²) in [4.78, 5) is 14.0. The van der Waals surface area contributed by atoms with Gasteiger partial charge in [-0.1, -0.05) is 17.7 Å². The fraction of sp³-hybridized carbons (Fsp3) is 0.500. The summed E-state index contributed by atoms with van der Waals surface area (Å²) in [5.41, 5.74) is 7.73. The van der Waals surface area contributed by atoms with Crippen LogP contribution in [0, 0.1) is 5.92 Å². The lowest BCUT2D eigenvalue weighted by Crippen LogP contribution is -2.35. The minimum atomic E-state index is -0.528. The van der Waals surface area contributed by atoms with Gasteiger partial charge in [0.15, 0.2) is 5.65 Å². The average molecular weight is 444 g/mol. The second kappa shape index (κ2) is 8.98. The van der Waals surface area contributed by atoms with Crippen molar-refractivity contribution in [3.05, 3.63) is 35.5 Å². The molecule has 1 aliphatic carbocycles. The van der Waals surface area contributed by atoms with Crippen LogP contribution in [0.3, 0.4) is 0 Å². The van der Waals surface area contributed by atoms with Crippen molar-refractivity contribution in [2.75, 3.05) is 23.8 Å². The predicted octanol–water partition coefficient (Wildman–Crippen LogP) is 4.10. The maximum atomic E-state index is 9.60. The molecule has 1 aromatic carbocycles. The Morgan fingerprint density at radius 2 is 2.00 bits per heavy atom. The topological polar surface area (TPSA) is 114 Å². The summed E-state index contributed by atoms with van der Waals surface area (Å²) in [6.45, 7) is 4.51. The lowest BCUT2D eigenvalue weighted by Gasteiger charge is -2.30. The zero-order chi connectivity index (χ0) is 22.0. The molecule has 3 aromatic rings. The van der Waals surface area contributed by atoms with Crippen LogP contribution >= 0.6 is 11.6 Å². The van der Waals surface area contributed by atoms with Gasteiger partial charge < -0.3 is 21.5 Å². The van der Waals surface area contributed by atoms with E-state index in [1.54, 1.807) is 6.20 Å². The van der Waals surface area contributed by atoms with Gasteiger partial charge in [-0.25, -0.2) is 9.97 Å². The molecule has 1 fully saturated rings. The first-order chi connectivity index (χ1) is 14.9. The van der Waals surface area contributed by atoms with Crippen molar-refractivity contribution in [3.63, 3.8) is 0 Å². The molecule has 2 aromatic heterocycles. The second-order valence-electron chi connectivity index (χ2n) is 8.92. The van der Waals surface area contributed by atoms with E-state index in [1.165, 1.54) is 0 Å². The van der Waals surface area contributed by atoms with Crippen LogP contribution in [-0.2, 0) is 0 Å². The second-order valence-corrected chi connectivity index (χ2v) is 9.36. The molecule has 0 amide bonds. The van der Waals surface area contributed by atoms with Crippen molar-refractivity contribution >= 4 is 40.3 Å². The molecule has 31 heavy (non-hydrogen) atoms. The number of hydrogen-bond acceptors (Lipinski definition) is 7. The lowest BCUT2D eigenvalue weighted by molar-refractivity contribution is 0.233. The van der Waals surface area contributed by atoms with E-state index in [2.05, 4.69) is 20.2 Å². The summed E-state index contributed by atoms with van der Waals surface area (Å²) in [6, 6.07) is 7.85. The lowest BCUT2D eigenvalue weighted by atomic mass is 9.86. The molecule has 1 saturated carbocycles. The van der Waals surface area contributed by atoms with E-state index in [4.69, 9.17) is 27.3 Å². The van der Waals surface area contributed by atoms with Crippen LogP contribution in [0.5, 0.6) is 0 Å². The molecule has 0 unspecified atom stereocenters. The number of nitrogens with zero attached hydrogens (tertiary/aromatic N) is 4. The summed E-state index contributed by atoms with van der Waals surface area (Å²) in [5.74, 6) is 1.77. The van der Waals surface area contributed by atoms with Gasteiger partial charge in [0, 0.05) is 16.8 Å². The van der Waals surface area contributed by atoms with Gasteiger partial charge in [0.25, 0.3) is 0 Å². The van der Waals surface area contributed by atoms with E-state index in [0.29, 0.717) is 16.9 Å². The maximum Gasteiger partial charge on any atom is 0.225 e. The molecular formula is C22H30ClN7O. The zero-order valence-corrected chi connectivity index (χ0v) is 18.7. The number of nitrogens with one attached hydrogen (secondary N) is 2. The van der Waals surface area contributed by atoms with Gasteiger partial charge in [-0.3, -0.25) is 4.57 Å². The van der Waals surface area contributed by atoms with Gasteiger partial charge in [-0.15, -0.1) is 0 Å². The van der Waals surface area contributed by atoms with Crippen molar-refractivity contribution in [2.24, 2.45) is 11.7 Å². The number of imidazole rings is 1. The van der Waals surface area contributed by atoms with Gasteiger partial charge in [-0.05, 0) is 70.2 Å². The Morgan fingerprint density at radius 1 is 1.23 bits per heavy atom. The number of benzene rings is 1. The molecule has 4 rings (SSSR count). The van der Waals surface area contributed by atoms with Crippen LogP contribution < -0.4 is 16.4 Å². The van der Waals surface area contributed by atoms with Crippen molar-refractivity contribution in [3.8, 4) is 0 Å². The SMILES string of the molecule is CC(C)(CO)Nc1ncc2nc(Nc3cccc(Cl)c3)n(C3CCC(CN)CC3)c2n1. The molecule has 0 radical (unpaired) electrons. The predicted molar refractivity (Wildman–Crippen MR) is 125 cm³/mol. The van der Waals surface area contributed by atoms with Crippen molar-refractivity contribution in [1.82, 2.24) is 19.5 Å². The molecule has 166 valence electrons. The molecule has 0 atom stereocenters. The molecule has 5 N–H and O–H groups in total. The number of hydrogen-bond donors (Lipinski definition) is 4. The van der Waals surface area contributed by atoms with Crippen LogP contribution in [0.2, 0.25) is 5.02 Å². The number of rotatable bonds is 7. The molecular weight excluding hydrogens is 414 g/mol. The van der Waals surface area contributed by atoms with Gasteiger partial charge in [0.2, 0.25) is 11.9 Å². The highest BCUT2D eigenvalue weighted by Crippen LogP contribution is 2.37. The number of anilines is 3. The third-order valence-electron chi connectivity index (χ3n) is 5.87. The Labute approximate surface area is 187 Å². The summed E-state index contributed by atoms with van der Waals surface area (Å²) in [5, 5.41) is 16.9. The van der Waals surface area contributed by atoms with Crippen LogP contribution in [-0.4, -0.2) is 43.3 Å². The number of aliphatic hydroxyl groups excluding tert-OH is 1. The third-order valence-corrected chi connectivity index (χ3v) is 6.11. The highest BCUT2D eigenvalue weighted by Gasteiger charge is 2.27. The fourth-order valence-electron chi connectivity index (χ4n) is 4.06. The van der Waals surface area contributed by atoms with Crippen molar-refractivity contribution in [1.29, 1.82) is 0 Å². The Kier molecular flexibility index (Phi) is 6.31. The zero-order valence-electron chi connectivity index (χ0n) is 18.0. The first kappa shape index (κ1) is 21.8. The van der Waals surface area contributed by atoms with Crippen LogP contribution in [0.4, 0.5) is 17.6 Å². The van der Waals surface area contributed by atoms with Gasteiger partial charge in [-0.2, -0.15) is 4.98 Å². The Hall–Kier alpha value is -2.42. The van der Waals surface area contributed by atoms with Crippen LogP contribution in [0.15, 0.2) is 30.5 Å². The number of fused-ring (bicyclic) bond motifs is 1. The fourth-order valence-corrected chi connectivity index (χ4v) is 4.25. The van der Waals surface area contributed by atoms with Crippen LogP contribution in [0.25, 0.3) is 11.2 Å². The summed E-state index contributed by atoms with van der Waals surface area (Å²) in [7, 11) is 0. The van der Waals surface area contributed by atoms with E-state index in [-0.39, 0.29) is 12.6 Å². The third kappa shape index (κ3) is 4.92. The number of aliphatic hydroxyl groups is 1. The van der Waals surface area contributed by atoms with Gasteiger partial charge >= 0.3 is 0 Å². The number of halogens is 1. The molecule has 0 saturated heterocycles. The minimum Gasteiger partial charge on any atom is -0.394 e. The molecule has 1 aliphatic rings. The maximum absolute atomic E-state index is 9.60. The van der Waals surface area contributed by atoms with E-state index in [1.807, 2.05) is 38.1 Å². The average Bonchev–Trinajstić information content (AvgIpc) is 3.10. The smallest absolute Gasteiger partial charge is 0.225 e. The molecule has 0 bridgehead atoms. The largest absolute Gasteiger partial charge is 0.394 e. The Morgan fingerprint density at radius 3 is 2.68 bits per heavy atom. The summed E-state index contributed by atoms with van der Waals surface area (Å²) >= 11 is 6.18. The molecule has 0 aliphatic heterocycles. The van der Waals surface area contributed by atoms with Crippen molar-refractivity contribution < 1.29 is 5.11 Å². The number of aromatic nitrogens is 4. The molecule has 0 spiro atoms. The highest BCUT2D eigenvalue weighted by atomic mass is 35.5. The summed E-state index contributed by atoms with van der Waals surface area (Å²) in [6.07, 6.45) is 5.94. The molecule has 9 heteroatoms. The quantitative estimate of drug-likeness (QED) is 0.434. The van der Waals surface area contributed by atoms with Gasteiger partial charge in [0.1, 0.15) is 5.52 Å². The Balaban J connectivity index is 1.74.